The van der Waals surface area contributed by atoms with Crippen LogP contribution in [0.5, 0.6) is 0 Å². The summed E-state index contributed by atoms with van der Waals surface area (Å²) in [4.78, 5) is 0. The van der Waals surface area contributed by atoms with Crippen LogP contribution in [0, 0.1) is 18.3 Å². The monoisotopic (exact) mass is 237 g/mol. The van der Waals surface area contributed by atoms with E-state index in [1.165, 1.54) is 0 Å². The van der Waals surface area contributed by atoms with Gasteiger partial charge in [0, 0.05) is 20.2 Å². The number of hydrogen-bond donors (Lipinski definition) is 0. The SMILES string of the molecule is Cc1cnn(COCC[Si](C)(C)C)c1C#N. The molecule has 1 heterocycles. The second-order valence-corrected chi connectivity index (χ2v) is 10.8. The lowest BCUT2D eigenvalue weighted by Crippen LogP contribution is -2.22. The Bertz CT molecular complexity index is 387. The molecule has 0 N–H and O–H groups in total. The van der Waals surface area contributed by atoms with Crippen molar-refractivity contribution in [3.05, 3.63) is 17.5 Å². The molecule has 0 bridgehead atoms. The first-order valence-corrected chi connectivity index (χ1v) is 9.15. The van der Waals surface area contributed by atoms with E-state index in [0.29, 0.717) is 12.4 Å². The lowest BCUT2D eigenvalue weighted by atomic mass is 10.3. The van der Waals surface area contributed by atoms with Crippen LogP contribution < -0.4 is 0 Å². The van der Waals surface area contributed by atoms with Gasteiger partial charge in [0.05, 0.1) is 6.20 Å². The minimum Gasteiger partial charge on any atom is -0.359 e. The van der Waals surface area contributed by atoms with Crippen LogP contribution in [0.25, 0.3) is 0 Å². The quantitative estimate of drug-likeness (QED) is 0.583. The smallest absolute Gasteiger partial charge is 0.144 e. The summed E-state index contributed by atoms with van der Waals surface area (Å²) in [5, 5.41) is 13.0. The second-order valence-electron chi connectivity index (χ2n) is 5.14. The Labute approximate surface area is 97.8 Å². The summed E-state index contributed by atoms with van der Waals surface area (Å²) in [6.07, 6.45) is 1.69. The molecule has 0 aliphatic heterocycles. The van der Waals surface area contributed by atoms with Gasteiger partial charge < -0.3 is 4.74 Å². The maximum atomic E-state index is 8.91. The molecule has 16 heavy (non-hydrogen) atoms. The molecule has 0 aliphatic carbocycles. The average Bonchev–Trinajstić information content (AvgIpc) is 2.52. The zero-order valence-corrected chi connectivity index (χ0v) is 11.4. The van der Waals surface area contributed by atoms with Crippen LogP contribution in [-0.4, -0.2) is 24.5 Å². The number of nitrogens with zero attached hydrogens (tertiary/aromatic N) is 3. The highest BCUT2D eigenvalue weighted by Gasteiger charge is 2.12. The molecule has 0 atom stereocenters. The van der Waals surface area contributed by atoms with E-state index in [2.05, 4.69) is 30.8 Å². The van der Waals surface area contributed by atoms with Crippen LogP contribution in [-0.2, 0) is 11.5 Å². The zero-order valence-electron chi connectivity index (χ0n) is 10.4. The highest BCUT2D eigenvalue weighted by Crippen LogP contribution is 2.09. The highest BCUT2D eigenvalue weighted by molar-refractivity contribution is 6.76. The fourth-order valence-electron chi connectivity index (χ4n) is 1.25. The van der Waals surface area contributed by atoms with Crippen LogP contribution in [0.2, 0.25) is 25.7 Å². The van der Waals surface area contributed by atoms with Crippen molar-refractivity contribution in [1.82, 2.24) is 9.78 Å². The molecule has 0 aliphatic rings. The molecule has 0 radical (unpaired) electrons. The van der Waals surface area contributed by atoms with Crippen molar-refractivity contribution in [3.63, 3.8) is 0 Å². The van der Waals surface area contributed by atoms with E-state index in [4.69, 9.17) is 10.00 Å². The van der Waals surface area contributed by atoms with E-state index in [9.17, 15) is 0 Å². The third kappa shape index (κ3) is 3.80. The van der Waals surface area contributed by atoms with Crippen molar-refractivity contribution in [2.45, 2.75) is 39.3 Å². The molecule has 0 aromatic carbocycles. The van der Waals surface area contributed by atoms with Crippen LogP contribution >= 0.6 is 0 Å². The molecular formula is C11H19N3OSi. The molecule has 4 nitrogen and oxygen atoms in total. The van der Waals surface area contributed by atoms with Gasteiger partial charge in [-0.2, -0.15) is 10.4 Å². The number of nitriles is 1. The Morgan fingerprint density at radius 3 is 2.75 bits per heavy atom. The van der Waals surface area contributed by atoms with Gasteiger partial charge >= 0.3 is 0 Å². The van der Waals surface area contributed by atoms with E-state index in [0.717, 1.165) is 18.2 Å². The predicted octanol–water partition coefficient (Wildman–Crippen LogP) is 2.38. The summed E-state index contributed by atoms with van der Waals surface area (Å²) >= 11 is 0. The highest BCUT2D eigenvalue weighted by atomic mass is 28.3. The van der Waals surface area contributed by atoms with E-state index < -0.39 is 8.07 Å². The van der Waals surface area contributed by atoms with Gasteiger partial charge in [0.25, 0.3) is 0 Å². The number of ether oxygens (including phenoxy) is 1. The topological polar surface area (TPSA) is 50.8 Å². The van der Waals surface area contributed by atoms with Gasteiger partial charge in [0.15, 0.2) is 0 Å². The van der Waals surface area contributed by atoms with Crippen LogP contribution in [0.3, 0.4) is 0 Å². The van der Waals surface area contributed by atoms with Crippen molar-refractivity contribution >= 4 is 8.07 Å². The van der Waals surface area contributed by atoms with E-state index in [1.807, 2.05) is 6.92 Å². The van der Waals surface area contributed by atoms with Crippen molar-refractivity contribution in [3.8, 4) is 6.07 Å². The van der Waals surface area contributed by atoms with Crippen LogP contribution in [0.1, 0.15) is 11.3 Å². The fraction of sp³-hybridized carbons (Fsp3) is 0.636. The maximum Gasteiger partial charge on any atom is 0.144 e. The zero-order chi connectivity index (χ0) is 12.2. The summed E-state index contributed by atoms with van der Waals surface area (Å²) in [7, 11) is -1.03. The Hall–Kier alpha value is -1.12. The third-order valence-corrected chi connectivity index (χ3v) is 4.04. The van der Waals surface area contributed by atoms with Gasteiger partial charge in [0.2, 0.25) is 0 Å². The van der Waals surface area contributed by atoms with Crippen LogP contribution in [0.4, 0.5) is 0 Å². The van der Waals surface area contributed by atoms with Gasteiger partial charge in [-0.3, -0.25) is 0 Å². The molecule has 0 fully saturated rings. The van der Waals surface area contributed by atoms with E-state index in [-0.39, 0.29) is 0 Å². The van der Waals surface area contributed by atoms with Crippen molar-refractivity contribution in [2.24, 2.45) is 0 Å². The van der Waals surface area contributed by atoms with Gasteiger partial charge in [-0.15, -0.1) is 0 Å². The van der Waals surface area contributed by atoms with E-state index >= 15 is 0 Å². The normalized spacial score (nSPS) is 11.4. The maximum absolute atomic E-state index is 8.91. The van der Waals surface area contributed by atoms with Crippen LogP contribution in [0.15, 0.2) is 6.20 Å². The summed E-state index contributed by atoms with van der Waals surface area (Å²) < 4.78 is 7.15. The van der Waals surface area contributed by atoms with Gasteiger partial charge in [0.1, 0.15) is 18.5 Å². The number of aromatic nitrogens is 2. The van der Waals surface area contributed by atoms with Crippen molar-refractivity contribution < 1.29 is 4.74 Å². The molecule has 1 aromatic rings. The lowest BCUT2D eigenvalue weighted by molar-refractivity contribution is 0.0779. The molecule has 1 rings (SSSR count). The second kappa shape index (κ2) is 5.28. The summed E-state index contributed by atoms with van der Waals surface area (Å²) in [6, 6.07) is 3.26. The summed E-state index contributed by atoms with van der Waals surface area (Å²) in [5.74, 6) is 0. The van der Waals surface area contributed by atoms with E-state index in [1.54, 1.807) is 10.9 Å². The molecule has 0 saturated carbocycles. The Kier molecular flexibility index (Phi) is 4.27. The summed E-state index contributed by atoms with van der Waals surface area (Å²) in [6.45, 7) is 9.95. The summed E-state index contributed by atoms with van der Waals surface area (Å²) in [5.41, 5.74) is 1.49. The Morgan fingerprint density at radius 1 is 1.50 bits per heavy atom. The first-order valence-electron chi connectivity index (χ1n) is 5.44. The fourth-order valence-corrected chi connectivity index (χ4v) is 2.01. The molecule has 0 amide bonds. The molecule has 0 spiro atoms. The molecule has 0 unspecified atom stereocenters. The van der Waals surface area contributed by atoms with Gasteiger partial charge in [-0.1, -0.05) is 19.6 Å². The standard InChI is InChI=1S/C11H19N3OSi/c1-10-8-13-14(11(10)7-12)9-15-5-6-16(2,3)4/h8H,5-6,9H2,1-4H3. The predicted molar refractivity (Wildman–Crippen MR) is 65.8 cm³/mol. The lowest BCUT2D eigenvalue weighted by Gasteiger charge is -2.15. The minimum absolute atomic E-state index is 0.376. The molecular weight excluding hydrogens is 218 g/mol. The van der Waals surface area contributed by atoms with Crippen molar-refractivity contribution in [2.75, 3.05) is 6.61 Å². The largest absolute Gasteiger partial charge is 0.359 e. The van der Waals surface area contributed by atoms with Crippen molar-refractivity contribution in [1.29, 1.82) is 5.26 Å². The van der Waals surface area contributed by atoms with Gasteiger partial charge in [-0.05, 0) is 13.0 Å². The first-order chi connectivity index (χ1) is 7.44. The molecule has 88 valence electrons. The molecule has 1 aromatic heterocycles. The first kappa shape index (κ1) is 12.9. The number of hydrogen-bond acceptors (Lipinski definition) is 3. The Balaban J connectivity index is 2.41. The Morgan fingerprint density at radius 2 is 2.19 bits per heavy atom. The van der Waals surface area contributed by atoms with Gasteiger partial charge in [-0.25, -0.2) is 4.68 Å². The third-order valence-electron chi connectivity index (χ3n) is 2.34. The molecule has 0 saturated heterocycles. The minimum atomic E-state index is -1.03. The number of rotatable bonds is 5. The average molecular weight is 237 g/mol. The molecule has 5 heteroatoms. The number of aryl methyl sites for hydroxylation is 1.